The number of H-pyrrole nitrogens is 1. The van der Waals surface area contributed by atoms with Crippen molar-refractivity contribution in [1.29, 1.82) is 0 Å². The Morgan fingerprint density at radius 1 is 1.18 bits per heavy atom. The molecule has 1 N–H and O–H groups in total. The predicted octanol–water partition coefficient (Wildman–Crippen LogP) is 1.38. The monoisotopic (exact) mass is 300 g/mol. The maximum Gasteiger partial charge on any atom is 0.261 e. The summed E-state index contributed by atoms with van der Waals surface area (Å²) in [4.78, 5) is 24.0. The lowest BCUT2D eigenvalue weighted by Gasteiger charge is -2.10. The average molecular weight is 300 g/mol. The molecule has 0 aliphatic rings. The van der Waals surface area contributed by atoms with Gasteiger partial charge in [-0.1, -0.05) is 0 Å². The molecule has 7 heteroatoms. The number of imidazole rings is 1. The van der Waals surface area contributed by atoms with Crippen LogP contribution in [0.2, 0.25) is 0 Å². The molecule has 2 aromatic heterocycles. The molecule has 0 aliphatic heterocycles. The Morgan fingerprint density at radius 2 is 1.95 bits per heavy atom. The molecule has 3 rings (SSSR count). The third-order valence-corrected chi connectivity index (χ3v) is 3.47. The standard InChI is InChI=1S/C15H16N4O3/c1-21-12-7-10-11(8-13(12)22-2)18-9-19(15(10)20)6-3-14-16-4-5-17-14/h4-5,7-9H,3,6H2,1-2H3,(H,16,17). The fourth-order valence-corrected chi connectivity index (χ4v) is 2.31. The molecule has 0 amide bonds. The van der Waals surface area contributed by atoms with Gasteiger partial charge in [0.2, 0.25) is 0 Å². The number of hydrogen-bond donors (Lipinski definition) is 1. The summed E-state index contributed by atoms with van der Waals surface area (Å²) in [6.07, 6.45) is 5.62. The summed E-state index contributed by atoms with van der Waals surface area (Å²) in [5, 5.41) is 0.500. The van der Waals surface area contributed by atoms with Crippen molar-refractivity contribution in [2.45, 2.75) is 13.0 Å². The molecule has 22 heavy (non-hydrogen) atoms. The molecule has 0 saturated carbocycles. The van der Waals surface area contributed by atoms with Crippen LogP contribution in [-0.2, 0) is 13.0 Å². The van der Waals surface area contributed by atoms with E-state index >= 15 is 0 Å². The van der Waals surface area contributed by atoms with Crippen LogP contribution in [0.4, 0.5) is 0 Å². The van der Waals surface area contributed by atoms with Gasteiger partial charge in [-0.05, 0) is 6.07 Å². The maximum absolute atomic E-state index is 12.6. The van der Waals surface area contributed by atoms with Crippen LogP contribution in [0.3, 0.4) is 0 Å². The highest BCUT2D eigenvalue weighted by molar-refractivity contribution is 5.81. The lowest BCUT2D eigenvalue weighted by Crippen LogP contribution is -2.22. The van der Waals surface area contributed by atoms with Crippen LogP contribution in [0, 0.1) is 0 Å². The molecule has 0 aliphatic carbocycles. The van der Waals surface area contributed by atoms with Gasteiger partial charge in [0.05, 0.1) is 31.4 Å². The molecule has 0 fully saturated rings. The lowest BCUT2D eigenvalue weighted by molar-refractivity contribution is 0.355. The van der Waals surface area contributed by atoms with E-state index in [4.69, 9.17) is 9.47 Å². The topological polar surface area (TPSA) is 82.0 Å². The van der Waals surface area contributed by atoms with Crippen LogP contribution >= 0.6 is 0 Å². The number of hydrogen-bond acceptors (Lipinski definition) is 5. The van der Waals surface area contributed by atoms with E-state index in [2.05, 4.69) is 15.0 Å². The Balaban J connectivity index is 1.99. The number of ether oxygens (including phenoxy) is 2. The van der Waals surface area contributed by atoms with E-state index in [1.165, 1.54) is 7.11 Å². The van der Waals surface area contributed by atoms with Crippen LogP contribution in [0.1, 0.15) is 5.82 Å². The Labute approximate surface area is 126 Å². The van der Waals surface area contributed by atoms with Gasteiger partial charge in [0, 0.05) is 31.4 Å². The van der Waals surface area contributed by atoms with Crippen molar-refractivity contribution in [2.24, 2.45) is 0 Å². The van der Waals surface area contributed by atoms with Gasteiger partial charge in [-0.3, -0.25) is 9.36 Å². The van der Waals surface area contributed by atoms with Crippen molar-refractivity contribution < 1.29 is 9.47 Å². The average Bonchev–Trinajstić information content (AvgIpc) is 3.06. The molecule has 0 saturated heterocycles. The summed E-state index contributed by atoms with van der Waals surface area (Å²) >= 11 is 0. The van der Waals surface area contributed by atoms with Crippen molar-refractivity contribution in [3.05, 3.63) is 47.0 Å². The summed E-state index contributed by atoms with van der Waals surface area (Å²) in [7, 11) is 3.09. The lowest BCUT2D eigenvalue weighted by atomic mass is 10.2. The Morgan fingerprint density at radius 3 is 2.64 bits per heavy atom. The first kappa shape index (κ1) is 14.1. The van der Waals surface area contributed by atoms with Crippen molar-refractivity contribution >= 4 is 10.9 Å². The SMILES string of the molecule is COc1cc2ncn(CCc3ncc[nH]3)c(=O)c2cc1OC. The third kappa shape index (κ3) is 2.52. The molecular formula is C15H16N4O3. The van der Waals surface area contributed by atoms with Gasteiger partial charge in [0.1, 0.15) is 5.82 Å². The molecular weight excluding hydrogens is 284 g/mol. The smallest absolute Gasteiger partial charge is 0.261 e. The number of methoxy groups -OCH3 is 2. The van der Waals surface area contributed by atoms with E-state index < -0.39 is 0 Å². The zero-order chi connectivity index (χ0) is 15.5. The minimum Gasteiger partial charge on any atom is -0.493 e. The molecule has 0 bridgehead atoms. The van der Waals surface area contributed by atoms with Crippen molar-refractivity contribution in [1.82, 2.24) is 19.5 Å². The molecule has 0 radical (unpaired) electrons. The molecule has 0 spiro atoms. The fourth-order valence-electron chi connectivity index (χ4n) is 2.31. The summed E-state index contributed by atoms with van der Waals surface area (Å²) in [5.74, 6) is 1.90. The Kier molecular flexibility index (Phi) is 3.78. The number of aromatic nitrogens is 4. The highest BCUT2D eigenvalue weighted by atomic mass is 16.5. The molecule has 0 atom stereocenters. The van der Waals surface area contributed by atoms with Crippen molar-refractivity contribution in [3.8, 4) is 11.5 Å². The van der Waals surface area contributed by atoms with E-state index in [-0.39, 0.29) is 5.56 Å². The first-order chi connectivity index (χ1) is 10.7. The number of aromatic amines is 1. The van der Waals surface area contributed by atoms with Crippen molar-refractivity contribution in [3.63, 3.8) is 0 Å². The van der Waals surface area contributed by atoms with Crippen LogP contribution in [0.5, 0.6) is 11.5 Å². The first-order valence-corrected chi connectivity index (χ1v) is 6.82. The summed E-state index contributed by atoms with van der Waals surface area (Å²) < 4.78 is 12.0. The second-order valence-corrected chi connectivity index (χ2v) is 4.75. The van der Waals surface area contributed by atoms with Gasteiger partial charge in [0.15, 0.2) is 11.5 Å². The van der Waals surface area contributed by atoms with Gasteiger partial charge in [0.25, 0.3) is 5.56 Å². The Hall–Kier alpha value is -2.83. The summed E-state index contributed by atoms with van der Waals surface area (Å²) in [5.41, 5.74) is 0.467. The number of aryl methyl sites for hydroxylation is 2. The number of nitrogens with one attached hydrogen (secondary N) is 1. The van der Waals surface area contributed by atoms with Crippen LogP contribution in [0.15, 0.2) is 35.6 Å². The maximum atomic E-state index is 12.6. The van der Waals surface area contributed by atoms with E-state index in [9.17, 15) is 4.79 Å². The summed E-state index contributed by atoms with van der Waals surface area (Å²) in [6, 6.07) is 3.36. The van der Waals surface area contributed by atoms with Gasteiger partial charge in [-0.15, -0.1) is 0 Å². The van der Waals surface area contributed by atoms with Gasteiger partial charge in [-0.25, -0.2) is 9.97 Å². The number of fused-ring (bicyclic) bond motifs is 1. The zero-order valence-electron chi connectivity index (χ0n) is 12.4. The number of rotatable bonds is 5. The normalized spacial score (nSPS) is 10.8. The van der Waals surface area contributed by atoms with E-state index in [1.807, 2.05) is 0 Å². The number of benzene rings is 1. The molecule has 7 nitrogen and oxygen atoms in total. The number of nitrogens with zero attached hydrogens (tertiary/aromatic N) is 3. The third-order valence-electron chi connectivity index (χ3n) is 3.47. The van der Waals surface area contributed by atoms with Crippen LogP contribution < -0.4 is 15.0 Å². The molecule has 2 heterocycles. The van der Waals surface area contributed by atoms with E-state index in [0.29, 0.717) is 35.4 Å². The Bertz CT molecular complexity index is 840. The highest BCUT2D eigenvalue weighted by Gasteiger charge is 2.11. The van der Waals surface area contributed by atoms with Crippen LogP contribution in [-0.4, -0.2) is 33.7 Å². The predicted molar refractivity (Wildman–Crippen MR) is 81.4 cm³/mol. The summed E-state index contributed by atoms with van der Waals surface area (Å²) in [6.45, 7) is 0.504. The largest absolute Gasteiger partial charge is 0.493 e. The van der Waals surface area contributed by atoms with Gasteiger partial charge >= 0.3 is 0 Å². The van der Waals surface area contributed by atoms with Crippen LogP contribution in [0.25, 0.3) is 10.9 Å². The second kappa shape index (κ2) is 5.88. The quantitative estimate of drug-likeness (QED) is 0.769. The van der Waals surface area contributed by atoms with E-state index in [0.717, 1.165) is 5.82 Å². The van der Waals surface area contributed by atoms with Gasteiger partial charge < -0.3 is 14.5 Å². The highest BCUT2D eigenvalue weighted by Crippen LogP contribution is 2.29. The minimum atomic E-state index is -0.113. The zero-order valence-corrected chi connectivity index (χ0v) is 12.4. The minimum absolute atomic E-state index is 0.113. The first-order valence-electron chi connectivity index (χ1n) is 6.82. The van der Waals surface area contributed by atoms with Crippen molar-refractivity contribution in [2.75, 3.05) is 14.2 Å². The molecule has 114 valence electrons. The molecule has 1 aromatic carbocycles. The molecule has 0 unspecified atom stereocenters. The molecule has 3 aromatic rings. The van der Waals surface area contributed by atoms with E-state index in [1.54, 1.807) is 42.5 Å². The van der Waals surface area contributed by atoms with Gasteiger partial charge in [-0.2, -0.15) is 0 Å². The second-order valence-electron chi connectivity index (χ2n) is 4.75. The fraction of sp³-hybridized carbons (Fsp3) is 0.267.